The maximum Gasteiger partial charge on any atom is 0.0104 e. The van der Waals surface area contributed by atoms with Crippen LogP contribution in [0.4, 0.5) is 0 Å². The number of nitrogens with zero attached hydrogens (tertiary/aromatic N) is 1. The molecule has 0 aromatic carbocycles. The molecule has 0 heterocycles. The summed E-state index contributed by atoms with van der Waals surface area (Å²) in [7, 11) is 2.14. The van der Waals surface area contributed by atoms with E-state index in [9.17, 15) is 0 Å². The average molecular weight is 254 g/mol. The highest BCUT2D eigenvalue weighted by molar-refractivity contribution is 4.82. The minimum absolute atomic E-state index is 0.751. The van der Waals surface area contributed by atoms with E-state index in [1.54, 1.807) is 0 Å². The molecule has 1 aliphatic carbocycles. The monoisotopic (exact) mass is 254 g/mol. The van der Waals surface area contributed by atoms with Crippen molar-refractivity contribution in [2.24, 2.45) is 17.8 Å². The smallest absolute Gasteiger partial charge is 0.0104 e. The molecule has 1 N–H and O–H groups in total. The lowest BCUT2D eigenvalue weighted by Gasteiger charge is -2.36. The summed E-state index contributed by atoms with van der Waals surface area (Å²) in [4.78, 5) is 2.70. The van der Waals surface area contributed by atoms with Crippen LogP contribution in [0.25, 0.3) is 0 Å². The van der Waals surface area contributed by atoms with Gasteiger partial charge in [-0.15, -0.1) is 0 Å². The van der Waals surface area contributed by atoms with Gasteiger partial charge in [0, 0.05) is 25.7 Å². The molecule has 0 aliphatic heterocycles. The average Bonchev–Trinajstić information content (AvgIpc) is 2.27. The first kappa shape index (κ1) is 16.0. The first-order valence-electron chi connectivity index (χ1n) is 7.92. The zero-order valence-electron chi connectivity index (χ0n) is 13.2. The summed E-state index contributed by atoms with van der Waals surface area (Å²) in [5.41, 5.74) is 0. The van der Waals surface area contributed by atoms with E-state index in [1.807, 2.05) is 0 Å². The summed E-state index contributed by atoms with van der Waals surface area (Å²) in [5.74, 6) is 2.42. The summed E-state index contributed by atoms with van der Waals surface area (Å²) < 4.78 is 0. The van der Waals surface area contributed by atoms with Crippen LogP contribution < -0.4 is 5.32 Å². The lowest BCUT2D eigenvalue weighted by Crippen LogP contribution is -2.44. The molecule has 0 amide bonds. The lowest BCUT2D eigenvalue weighted by atomic mass is 9.84. The fraction of sp³-hybridized carbons (Fsp3) is 1.00. The molecule has 108 valence electrons. The Bertz CT molecular complexity index is 203. The SMILES string of the molecule is CNC1CCCCC1CN(CC(C)C)CC(C)C. The Labute approximate surface area is 115 Å². The van der Waals surface area contributed by atoms with Crippen molar-refractivity contribution in [2.75, 3.05) is 26.7 Å². The minimum atomic E-state index is 0.751. The second-order valence-corrected chi connectivity index (χ2v) is 6.95. The Hall–Kier alpha value is -0.0800. The summed E-state index contributed by atoms with van der Waals surface area (Å²) in [6.45, 7) is 13.2. The molecule has 18 heavy (non-hydrogen) atoms. The molecule has 0 saturated heterocycles. The molecule has 2 atom stereocenters. The number of hydrogen-bond acceptors (Lipinski definition) is 2. The number of nitrogens with one attached hydrogen (secondary N) is 1. The van der Waals surface area contributed by atoms with Crippen molar-refractivity contribution in [3.63, 3.8) is 0 Å². The zero-order valence-corrected chi connectivity index (χ0v) is 13.2. The van der Waals surface area contributed by atoms with Crippen LogP contribution in [-0.4, -0.2) is 37.6 Å². The lowest BCUT2D eigenvalue weighted by molar-refractivity contribution is 0.147. The normalized spacial score (nSPS) is 25.3. The Kier molecular flexibility index (Phi) is 7.25. The van der Waals surface area contributed by atoms with Crippen LogP contribution in [0.15, 0.2) is 0 Å². The third-order valence-corrected chi connectivity index (χ3v) is 4.02. The van der Waals surface area contributed by atoms with E-state index in [1.165, 1.54) is 45.3 Å². The third-order valence-electron chi connectivity index (χ3n) is 4.02. The van der Waals surface area contributed by atoms with Crippen LogP contribution in [0.3, 0.4) is 0 Å². The van der Waals surface area contributed by atoms with E-state index in [0.29, 0.717) is 0 Å². The fourth-order valence-corrected chi connectivity index (χ4v) is 3.39. The molecule has 0 radical (unpaired) electrons. The quantitative estimate of drug-likeness (QED) is 0.749. The Balaban J connectivity index is 2.51. The Morgan fingerprint density at radius 3 is 2.06 bits per heavy atom. The summed E-state index contributed by atoms with van der Waals surface area (Å²) in [6.07, 6.45) is 5.63. The fourth-order valence-electron chi connectivity index (χ4n) is 3.39. The first-order chi connectivity index (χ1) is 8.52. The predicted molar refractivity (Wildman–Crippen MR) is 80.9 cm³/mol. The molecule has 1 rings (SSSR count). The van der Waals surface area contributed by atoms with Crippen molar-refractivity contribution in [1.82, 2.24) is 10.2 Å². The van der Waals surface area contributed by atoms with Gasteiger partial charge >= 0.3 is 0 Å². The molecule has 0 aromatic heterocycles. The highest BCUT2D eigenvalue weighted by Crippen LogP contribution is 2.25. The van der Waals surface area contributed by atoms with E-state index in [0.717, 1.165) is 23.8 Å². The predicted octanol–water partition coefficient (Wildman–Crippen LogP) is 3.38. The van der Waals surface area contributed by atoms with Gasteiger partial charge in [-0.2, -0.15) is 0 Å². The van der Waals surface area contributed by atoms with E-state index in [2.05, 4.69) is 45.0 Å². The van der Waals surface area contributed by atoms with Crippen LogP contribution in [0.1, 0.15) is 53.4 Å². The van der Waals surface area contributed by atoms with Crippen molar-refractivity contribution in [3.05, 3.63) is 0 Å². The van der Waals surface area contributed by atoms with Gasteiger partial charge in [0.15, 0.2) is 0 Å². The van der Waals surface area contributed by atoms with Crippen molar-refractivity contribution >= 4 is 0 Å². The van der Waals surface area contributed by atoms with Gasteiger partial charge < -0.3 is 10.2 Å². The molecular formula is C16H34N2. The molecular weight excluding hydrogens is 220 g/mol. The standard InChI is InChI=1S/C16H34N2/c1-13(2)10-18(11-14(3)4)12-15-8-6-7-9-16(15)17-5/h13-17H,6-12H2,1-5H3. The van der Waals surface area contributed by atoms with Crippen molar-refractivity contribution < 1.29 is 0 Å². The van der Waals surface area contributed by atoms with Crippen LogP contribution in [0, 0.1) is 17.8 Å². The molecule has 2 nitrogen and oxygen atoms in total. The van der Waals surface area contributed by atoms with Gasteiger partial charge in [-0.05, 0) is 37.6 Å². The van der Waals surface area contributed by atoms with E-state index >= 15 is 0 Å². The van der Waals surface area contributed by atoms with E-state index < -0.39 is 0 Å². The van der Waals surface area contributed by atoms with E-state index in [4.69, 9.17) is 0 Å². The second-order valence-electron chi connectivity index (χ2n) is 6.95. The largest absolute Gasteiger partial charge is 0.317 e. The minimum Gasteiger partial charge on any atom is -0.317 e. The van der Waals surface area contributed by atoms with Crippen molar-refractivity contribution in [3.8, 4) is 0 Å². The first-order valence-corrected chi connectivity index (χ1v) is 7.92. The van der Waals surface area contributed by atoms with Crippen molar-refractivity contribution in [1.29, 1.82) is 0 Å². The van der Waals surface area contributed by atoms with Gasteiger partial charge in [0.05, 0.1) is 0 Å². The van der Waals surface area contributed by atoms with Crippen LogP contribution >= 0.6 is 0 Å². The van der Waals surface area contributed by atoms with Gasteiger partial charge in [0.25, 0.3) is 0 Å². The van der Waals surface area contributed by atoms with Gasteiger partial charge in [0.1, 0.15) is 0 Å². The van der Waals surface area contributed by atoms with Crippen LogP contribution in [0.5, 0.6) is 0 Å². The van der Waals surface area contributed by atoms with E-state index in [-0.39, 0.29) is 0 Å². The van der Waals surface area contributed by atoms with Crippen LogP contribution in [0.2, 0.25) is 0 Å². The molecule has 2 unspecified atom stereocenters. The molecule has 1 fully saturated rings. The molecule has 0 bridgehead atoms. The topological polar surface area (TPSA) is 15.3 Å². The maximum absolute atomic E-state index is 3.54. The van der Waals surface area contributed by atoms with Gasteiger partial charge in [-0.1, -0.05) is 40.5 Å². The highest BCUT2D eigenvalue weighted by atomic mass is 15.1. The Morgan fingerprint density at radius 2 is 1.56 bits per heavy atom. The summed E-state index contributed by atoms with van der Waals surface area (Å²) >= 11 is 0. The molecule has 0 spiro atoms. The molecule has 2 heteroatoms. The van der Waals surface area contributed by atoms with Gasteiger partial charge in [0.2, 0.25) is 0 Å². The van der Waals surface area contributed by atoms with Gasteiger partial charge in [-0.25, -0.2) is 0 Å². The number of rotatable bonds is 7. The second kappa shape index (κ2) is 8.16. The Morgan fingerprint density at radius 1 is 1.00 bits per heavy atom. The summed E-state index contributed by atoms with van der Waals surface area (Å²) in [5, 5.41) is 3.54. The van der Waals surface area contributed by atoms with Crippen molar-refractivity contribution in [2.45, 2.75) is 59.4 Å². The maximum atomic E-state index is 3.54. The third kappa shape index (κ3) is 5.71. The summed E-state index contributed by atoms with van der Waals surface area (Å²) in [6, 6.07) is 0.751. The van der Waals surface area contributed by atoms with Crippen LogP contribution in [-0.2, 0) is 0 Å². The number of hydrogen-bond donors (Lipinski definition) is 1. The van der Waals surface area contributed by atoms with Gasteiger partial charge in [-0.3, -0.25) is 0 Å². The molecule has 1 saturated carbocycles. The molecule has 0 aromatic rings. The molecule has 1 aliphatic rings. The zero-order chi connectivity index (χ0) is 13.5. The highest BCUT2D eigenvalue weighted by Gasteiger charge is 2.26.